The van der Waals surface area contributed by atoms with Crippen LogP contribution in [0.4, 0.5) is 0 Å². The molecule has 24 heavy (non-hydrogen) atoms. The fraction of sp³-hybridized carbons (Fsp3) is 0.412. The third-order valence-corrected chi connectivity index (χ3v) is 4.84. The number of nitriles is 1. The van der Waals surface area contributed by atoms with Gasteiger partial charge in [0, 0.05) is 28.8 Å². The highest BCUT2D eigenvalue weighted by molar-refractivity contribution is 6.30. The molecule has 0 bridgehead atoms. The smallest absolute Gasteiger partial charge is 0.273 e. The Bertz CT molecular complexity index is 895. The van der Waals surface area contributed by atoms with Gasteiger partial charge in [-0.2, -0.15) is 10.4 Å². The lowest BCUT2D eigenvalue weighted by molar-refractivity contribution is 0.0922. The maximum absolute atomic E-state index is 12.6. The molecule has 0 aromatic carbocycles. The van der Waals surface area contributed by atoms with Crippen LogP contribution in [-0.2, 0) is 6.42 Å². The van der Waals surface area contributed by atoms with Crippen LogP contribution in [-0.4, -0.2) is 26.2 Å². The van der Waals surface area contributed by atoms with E-state index in [1.165, 1.54) is 0 Å². The number of aromatic nitrogens is 3. The van der Waals surface area contributed by atoms with Crippen molar-refractivity contribution in [3.8, 4) is 11.9 Å². The average molecular weight is 342 g/mol. The van der Waals surface area contributed by atoms with Crippen LogP contribution in [0.1, 0.15) is 47.9 Å². The number of carbonyl (C=O) groups is 1. The maximum atomic E-state index is 12.6. The van der Waals surface area contributed by atoms with Gasteiger partial charge in [-0.3, -0.25) is 4.79 Å². The molecule has 2 heterocycles. The number of nitrogens with one attached hydrogen (secondary N) is 1. The summed E-state index contributed by atoms with van der Waals surface area (Å²) >= 11 is 6.07. The van der Waals surface area contributed by atoms with E-state index in [0.29, 0.717) is 28.4 Å². The summed E-state index contributed by atoms with van der Waals surface area (Å²) in [7, 11) is 0. The van der Waals surface area contributed by atoms with Crippen molar-refractivity contribution in [3.63, 3.8) is 0 Å². The number of carbonyl (C=O) groups excluding carboxylic acids is 1. The molecule has 122 valence electrons. The summed E-state index contributed by atoms with van der Waals surface area (Å²) in [6, 6.07) is 5.52. The second-order valence-electron chi connectivity index (χ2n) is 6.95. The first-order chi connectivity index (χ1) is 11.4. The first-order valence-electron chi connectivity index (χ1n) is 7.87. The lowest BCUT2D eigenvalue weighted by atomic mass is 10.1. The third-order valence-electron chi connectivity index (χ3n) is 4.61. The molecule has 1 N–H and O–H groups in total. The van der Waals surface area contributed by atoms with Crippen LogP contribution in [0.2, 0.25) is 5.02 Å². The van der Waals surface area contributed by atoms with Crippen LogP contribution < -0.4 is 5.32 Å². The number of hydrogen-bond donors (Lipinski definition) is 1. The van der Waals surface area contributed by atoms with Gasteiger partial charge in [-0.25, -0.2) is 9.67 Å². The summed E-state index contributed by atoms with van der Waals surface area (Å²) in [5.41, 5.74) is 1.49. The zero-order valence-corrected chi connectivity index (χ0v) is 14.1. The predicted molar refractivity (Wildman–Crippen MR) is 88.1 cm³/mol. The van der Waals surface area contributed by atoms with Crippen molar-refractivity contribution in [2.45, 2.75) is 38.1 Å². The maximum Gasteiger partial charge on any atom is 0.273 e. The molecule has 2 aromatic rings. The van der Waals surface area contributed by atoms with Crippen molar-refractivity contribution in [2.24, 2.45) is 5.92 Å². The van der Waals surface area contributed by atoms with E-state index in [2.05, 4.69) is 21.5 Å². The van der Waals surface area contributed by atoms with Crippen molar-refractivity contribution in [3.05, 3.63) is 40.3 Å². The highest BCUT2D eigenvalue weighted by Gasteiger charge is 2.50. The normalized spacial score (nSPS) is 20.9. The van der Waals surface area contributed by atoms with E-state index in [4.69, 9.17) is 16.9 Å². The number of amides is 1. The van der Waals surface area contributed by atoms with Crippen molar-refractivity contribution in [1.82, 2.24) is 20.1 Å². The summed E-state index contributed by atoms with van der Waals surface area (Å²) < 4.78 is 1.74. The predicted octanol–water partition coefficient (Wildman–Crippen LogP) is 2.61. The van der Waals surface area contributed by atoms with Gasteiger partial charge < -0.3 is 5.32 Å². The quantitative estimate of drug-likeness (QED) is 0.930. The molecule has 6 nitrogen and oxygen atoms in total. The number of hydrogen-bond acceptors (Lipinski definition) is 4. The minimum atomic E-state index is -0.941. The summed E-state index contributed by atoms with van der Waals surface area (Å²) in [6.45, 7) is 3.33. The fourth-order valence-electron chi connectivity index (χ4n) is 3.35. The van der Waals surface area contributed by atoms with Gasteiger partial charge in [-0.1, -0.05) is 11.6 Å². The van der Waals surface area contributed by atoms with Gasteiger partial charge in [0.05, 0.1) is 11.8 Å². The summed E-state index contributed by atoms with van der Waals surface area (Å²) in [4.78, 5) is 17.0. The molecule has 0 unspecified atom stereocenters. The third kappa shape index (κ3) is 2.36. The molecule has 1 saturated carbocycles. The Morgan fingerprint density at radius 1 is 1.54 bits per heavy atom. The largest absolute Gasteiger partial charge is 0.333 e. The number of rotatable bonds is 3. The molecule has 2 aromatic heterocycles. The van der Waals surface area contributed by atoms with E-state index in [-0.39, 0.29) is 5.91 Å². The standard InChI is InChI=1S/C17H16ClN5O/c1-17(2,8-19)21-16(24)14-12-6-9-5-11(9)15(12)23(22-14)13-7-10(18)3-4-20-13/h3-4,7,9,11H,5-6H2,1-2H3,(H,21,24)/t9-,11-/m0/s1. The molecule has 4 rings (SSSR count). The molecule has 7 heteroatoms. The molecule has 1 fully saturated rings. The van der Waals surface area contributed by atoms with Crippen LogP contribution >= 0.6 is 11.6 Å². The van der Waals surface area contributed by atoms with E-state index >= 15 is 0 Å². The van der Waals surface area contributed by atoms with E-state index in [1.54, 1.807) is 36.9 Å². The lowest BCUT2D eigenvalue weighted by Crippen LogP contribution is -2.42. The van der Waals surface area contributed by atoms with Gasteiger partial charge >= 0.3 is 0 Å². The summed E-state index contributed by atoms with van der Waals surface area (Å²) in [5.74, 6) is 1.34. The molecule has 0 saturated heterocycles. The molecular weight excluding hydrogens is 326 g/mol. The van der Waals surface area contributed by atoms with Gasteiger partial charge in [0.2, 0.25) is 0 Å². The highest BCUT2D eigenvalue weighted by atomic mass is 35.5. The monoisotopic (exact) mass is 341 g/mol. The van der Waals surface area contributed by atoms with E-state index < -0.39 is 5.54 Å². The summed E-state index contributed by atoms with van der Waals surface area (Å²) in [6.07, 6.45) is 3.61. The first-order valence-corrected chi connectivity index (χ1v) is 8.25. The SMILES string of the molecule is CC(C)(C#N)NC(=O)c1nn(-c2cc(Cl)ccn2)c2c1C[C@@H]1C[C@H]21. The molecule has 0 aliphatic heterocycles. The Balaban J connectivity index is 1.78. The fourth-order valence-corrected chi connectivity index (χ4v) is 3.51. The zero-order valence-electron chi connectivity index (χ0n) is 13.4. The summed E-state index contributed by atoms with van der Waals surface area (Å²) in [5, 5.41) is 17.0. The second-order valence-corrected chi connectivity index (χ2v) is 7.39. The Hall–Kier alpha value is -2.39. The molecule has 0 spiro atoms. The van der Waals surface area contributed by atoms with E-state index in [0.717, 1.165) is 24.1 Å². The Morgan fingerprint density at radius 2 is 2.33 bits per heavy atom. The van der Waals surface area contributed by atoms with Crippen molar-refractivity contribution < 1.29 is 4.79 Å². The molecule has 2 atom stereocenters. The second kappa shape index (κ2) is 5.05. The van der Waals surface area contributed by atoms with Gasteiger partial charge in [0.15, 0.2) is 11.5 Å². The van der Waals surface area contributed by atoms with Crippen LogP contribution in [0.5, 0.6) is 0 Å². The Morgan fingerprint density at radius 3 is 3.04 bits per heavy atom. The van der Waals surface area contributed by atoms with Crippen LogP contribution in [0, 0.1) is 17.2 Å². The number of halogens is 1. The minimum absolute atomic E-state index is 0.320. The molecular formula is C17H16ClN5O. The topological polar surface area (TPSA) is 83.6 Å². The highest BCUT2D eigenvalue weighted by Crippen LogP contribution is 2.57. The van der Waals surface area contributed by atoms with Crippen LogP contribution in [0.3, 0.4) is 0 Å². The van der Waals surface area contributed by atoms with Crippen molar-refractivity contribution >= 4 is 17.5 Å². The van der Waals surface area contributed by atoms with Crippen LogP contribution in [0.25, 0.3) is 5.82 Å². The number of pyridine rings is 1. The Labute approximate surface area is 144 Å². The van der Waals surface area contributed by atoms with E-state index in [1.807, 2.05) is 0 Å². The van der Waals surface area contributed by atoms with Gasteiger partial charge in [0.25, 0.3) is 5.91 Å². The average Bonchev–Trinajstić information content (AvgIpc) is 3.03. The molecule has 1 amide bonds. The van der Waals surface area contributed by atoms with Crippen molar-refractivity contribution in [1.29, 1.82) is 5.26 Å². The molecule has 2 aliphatic carbocycles. The molecule has 2 aliphatic rings. The van der Waals surface area contributed by atoms with Gasteiger partial charge in [-0.15, -0.1) is 0 Å². The van der Waals surface area contributed by atoms with Crippen molar-refractivity contribution in [2.75, 3.05) is 0 Å². The number of fused-ring (bicyclic) bond motifs is 3. The zero-order chi connectivity index (χ0) is 17.1. The minimum Gasteiger partial charge on any atom is -0.333 e. The van der Waals surface area contributed by atoms with Crippen LogP contribution in [0.15, 0.2) is 18.3 Å². The van der Waals surface area contributed by atoms with Gasteiger partial charge in [0.1, 0.15) is 5.54 Å². The molecule has 0 radical (unpaired) electrons. The van der Waals surface area contributed by atoms with E-state index in [9.17, 15) is 4.79 Å². The first kappa shape index (κ1) is 15.2. The Kier molecular flexibility index (Phi) is 3.19. The lowest BCUT2D eigenvalue weighted by Gasteiger charge is -2.16. The van der Waals surface area contributed by atoms with Gasteiger partial charge in [-0.05, 0) is 38.7 Å². The number of nitrogens with zero attached hydrogens (tertiary/aromatic N) is 4.